The topological polar surface area (TPSA) is 113 Å². The Morgan fingerprint density at radius 2 is 1.68 bits per heavy atom. The third-order valence-corrected chi connectivity index (χ3v) is 6.86. The van der Waals surface area contributed by atoms with Gasteiger partial charge < -0.3 is 5.11 Å². The molecule has 9 heteroatoms. The van der Waals surface area contributed by atoms with Crippen molar-refractivity contribution in [2.75, 3.05) is 13.6 Å². The van der Waals surface area contributed by atoms with Crippen LogP contribution in [-0.4, -0.2) is 41.6 Å². The Morgan fingerprint density at radius 3 is 2.18 bits per heavy atom. The Kier molecular flexibility index (Phi) is 5.23. The number of hydrogen-bond acceptors (Lipinski definition) is 5. The van der Waals surface area contributed by atoms with Crippen LogP contribution in [-0.2, 0) is 20.0 Å². The van der Waals surface area contributed by atoms with Crippen LogP contribution in [0.15, 0.2) is 34.1 Å². The maximum atomic E-state index is 12.4. The van der Waals surface area contributed by atoms with Crippen LogP contribution in [0.3, 0.4) is 0 Å². The van der Waals surface area contributed by atoms with E-state index in [1.807, 2.05) is 0 Å². The first-order valence-corrected chi connectivity index (χ1v) is 9.93. The third-order valence-electron chi connectivity index (χ3n) is 3.77. The fraction of sp³-hybridized carbons (Fsp3) is 0.538. The number of nitrogens with one attached hydrogen (secondary N) is 2. The van der Waals surface area contributed by atoms with Crippen molar-refractivity contribution in [3.05, 3.63) is 24.3 Å². The summed E-state index contributed by atoms with van der Waals surface area (Å²) in [6, 6.07) is 5.45. The minimum atomic E-state index is -3.94. The summed E-state index contributed by atoms with van der Waals surface area (Å²) in [6.07, 6.45) is 1.59. The number of benzene rings is 1. The molecule has 1 aliphatic rings. The second-order valence-electron chi connectivity index (χ2n) is 5.34. The predicted octanol–water partition coefficient (Wildman–Crippen LogP) is 0.0340. The molecule has 1 saturated carbocycles. The van der Waals surface area contributed by atoms with E-state index in [0.29, 0.717) is 12.8 Å². The lowest BCUT2D eigenvalue weighted by molar-refractivity contribution is 0.178. The molecule has 0 saturated heterocycles. The summed E-state index contributed by atoms with van der Waals surface area (Å²) in [5.41, 5.74) is 0. The van der Waals surface area contributed by atoms with Gasteiger partial charge in [-0.15, -0.1) is 0 Å². The molecule has 1 aromatic carbocycles. The highest BCUT2D eigenvalue weighted by Gasteiger charge is 2.28. The molecule has 1 aliphatic carbocycles. The molecule has 0 unspecified atom stereocenters. The van der Waals surface area contributed by atoms with Crippen LogP contribution in [0.25, 0.3) is 0 Å². The summed E-state index contributed by atoms with van der Waals surface area (Å²) in [4.78, 5) is -0.556. The molecule has 2 atom stereocenters. The summed E-state index contributed by atoms with van der Waals surface area (Å²) in [7, 11) is -6.58. The molecule has 0 spiro atoms. The van der Waals surface area contributed by atoms with Crippen molar-refractivity contribution in [3.63, 3.8) is 0 Å². The lowest BCUT2D eigenvalue weighted by Crippen LogP contribution is -2.31. The molecule has 0 heterocycles. The molecule has 22 heavy (non-hydrogen) atoms. The lowest BCUT2D eigenvalue weighted by Gasteiger charge is -2.14. The monoisotopic (exact) mass is 348 g/mol. The Morgan fingerprint density at radius 1 is 1.09 bits per heavy atom. The first kappa shape index (κ1) is 17.4. The van der Waals surface area contributed by atoms with Gasteiger partial charge in [-0.1, -0.05) is 12.1 Å². The maximum Gasteiger partial charge on any atom is 0.241 e. The smallest absolute Gasteiger partial charge is 0.241 e. The van der Waals surface area contributed by atoms with Crippen molar-refractivity contribution in [2.24, 2.45) is 5.92 Å². The van der Waals surface area contributed by atoms with Gasteiger partial charge in [-0.05, 0) is 44.4 Å². The normalized spacial score (nSPS) is 22.8. The Bertz CT molecular complexity index is 731. The molecule has 7 nitrogen and oxygen atoms in total. The second kappa shape index (κ2) is 6.63. The SMILES string of the molecule is CNS(=O)(=O)c1ccccc1S(=O)(=O)NC[C@H]1CC[C@@H](O)C1. The first-order chi connectivity index (χ1) is 10.3. The lowest BCUT2D eigenvalue weighted by atomic mass is 10.1. The van der Waals surface area contributed by atoms with Gasteiger partial charge in [0.2, 0.25) is 20.0 Å². The van der Waals surface area contributed by atoms with Crippen molar-refractivity contribution >= 4 is 20.0 Å². The van der Waals surface area contributed by atoms with E-state index >= 15 is 0 Å². The highest BCUT2D eigenvalue weighted by Crippen LogP contribution is 2.26. The number of rotatable bonds is 6. The van der Waals surface area contributed by atoms with Crippen molar-refractivity contribution in [1.29, 1.82) is 0 Å². The van der Waals surface area contributed by atoms with E-state index < -0.39 is 20.0 Å². The fourth-order valence-corrected chi connectivity index (χ4v) is 5.21. The zero-order chi connectivity index (χ0) is 16.4. The molecule has 0 amide bonds. The van der Waals surface area contributed by atoms with Gasteiger partial charge in [0.05, 0.1) is 6.10 Å². The average Bonchev–Trinajstić information content (AvgIpc) is 2.91. The fourth-order valence-electron chi connectivity index (χ4n) is 2.54. The molecule has 0 aliphatic heterocycles. The van der Waals surface area contributed by atoms with E-state index in [2.05, 4.69) is 9.44 Å². The highest BCUT2D eigenvalue weighted by atomic mass is 32.2. The number of aliphatic hydroxyl groups excluding tert-OH is 1. The molecule has 0 aromatic heterocycles. The highest BCUT2D eigenvalue weighted by molar-refractivity contribution is 7.92. The molecule has 124 valence electrons. The predicted molar refractivity (Wildman–Crippen MR) is 81.2 cm³/mol. The largest absolute Gasteiger partial charge is 0.393 e. The van der Waals surface area contributed by atoms with Crippen LogP contribution in [0, 0.1) is 5.92 Å². The molecule has 0 radical (unpaired) electrons. The van der Waals surface area contributed by atoms with Gasteiger partial charge in [-0.2, -0.15) is 0 Å². The van der Waals surface area contributed by atoms with E-state index in [0.717, 1.165) is 6.42 Å². The van der Waals surface area contributed by atoms with Crippen molar-refractivity contribution in [1.82, 2.24) is 9.44 Å². The summed E-state index contributed by atoms with van der Waals surface area (Å²) < 4.78 is 53.2. The van der Waals surface area contributed by atoms with Crippen molar-refractivity contribution in [3.8, 4) is 0 Å². The maximum absolute atomic E-state index is 12.4. The zero-order valence-corrected chi connectivity index (χ0v) is 13.8. The Balaban J connectivity index is 2.23. The van der Waals surface area contributed by atoms with Gasteiger partial charge in [0, 0.05) is 6.54 Å². The second-order valence-corrected chi connectivity index (χ2v) is 8.93. The van der Waals surface area contributed by atoms with Crippen LogP contribution >= 0.6 is 0 Å². The molecular formula is C13H20N2O5S2. The van der Waals surface area contributed by atoms with Gasteiger partial charge >= 0.3 is 0 Å². The van der Waals surface area contributed by atoms with Crippen molar-refractivity contribution < 1.29 is 21.9 Å². The quantitative estimate of drug-likeness (QED) is 0.671. The summed E-state index contributed by atoms with van der Waals surface area (Å²) in [5, 5.41) is 9.46. The standard InChI is InChI=1S/C13H20N2O5S2/c1-14-21(17,18)12-4-2-3-5-13(12)22(19,20)15-9-10-6-7-11(16)8-10/h2-5,10-11,14-16H,6-9H2,1H3/t10-,11+/m0/s1. The van der Waals surface area contributed by atoms with Crippen LogP contribution in [0.5, 0.6) is 0 Å². The molecule has 0 bridgehead atoms. The molecule has 1 aromatic rings. The molecule has 1 fully saturated rings. The van der Waals surface area contributed by atoms with Gasteiger partial charge in [0.25, 0.3) is 0 Å². The summed E-state index contributed by atoms with van der Waals surface area (Å²) in [6.45, 7) is 0.188. The number of hydrogen-bond donors (Lipinski definition) is 3. The Hall–Kier alpha value is -1.00. The average molecular weight is 348 g/mol. The van der Waals surface area contributed by atoms with Gasteiger partial charge in [-0.3, -0.25) is 0 Å². The van der Waals surface area contributed by atoms with E-state index in [9.17, 15) is 21.9 Å². The molecular weight excluding hydrogens is 328 g/mol. The van der Waals surface area contributed by atoms with Gasteiger partial charge in [0.15, 0.2) is 0 Å². The summed E-state index contributed by atoms with van der Waals surface area (Å²) >= 11 is 0. The number of aliphatic hydroxyl groups is 1. The van der Waals surface area contributed by atoms with Gasteiger partial charge in [-0.25, -0.2) is 26.3 Å². The van der Waals surface area contributed by atoms with E-state index in [4.69, 9.17) is 0 Å². The van der Waals surface area contributed by atoms with Crippen LogP contribution in [0.1, 0.15) is 19.3 Å². The van der Waals surface area contributed by atoms with Gasteiger partial charge in [0.1, 0.15) is 9.79 Å². The Labute approximate surface area is 130 Å². The first-order valence-electron chi connectivity index (χ1n) is 6.96. The minimum absolute atomic E-state index is 0.0674. The van der Waals surface area contributed by atoms with E-state index in [1.165, 1.54) is 31.3 Å². The summed E-state index contributed by atoms with van der Waals surface area (Å²) in [5.74, 6) is 0.0674. The van der Waals surface area contributed by atoms with Crippen LogP contribution in [0.2, 0.25) is 0 Å². The minimum Gasteiger partial charge on any atom is -0.393 e. The van der Waals surface area contributed by atoms with Crippen LogP contribution < -0.4 is 9.44 Å². The van der Waals surface area contributed by atoms with Crippen molar-refractivity contribution in [2.45, 2.75) is 35.2 Å². The molecule has 2 rings (SSSR count). The van der Waals surface area contributed by atoms with E-state index in [1.54, 1.807) is 0 Å². The molecule has 3 N–H and O–H groups in total. The van der Waals surface area contributed by atoms with E-state index in [-0.39, 0.29) is 28.4 Å². The third kappa shape index (κ3) is 3.85. The van der Waals surface area contributed by atoms with Crippen LogP contribution in [0.4, 0.5) is 0 Å². The number of sulfonamides is 2. The zero-order valence-electron chi connectivity index (χ0n) is 12.2.